The van der Waals surface area contributed by atoms with Crippen molar-refractivity contribution < 1.29 is 4.79 Å². The summed E-state index contributed by atoms with van der Waals surface area (Å²) < 4.78 is 0. The third kappa shape index (κ3) is 4.25. The Hall–Kier alpha value is -2.27. The van der Waals surface area contributed by atoms with Crippen LogP contribution in [-0.4, -0.2) is 51.9 Å². The zero-order chi connectivity index (χ0) is 19.5. The SMILES string of the molecule is CC(=O)N1CCC[C@H](c2ncc3c(n2)CCN(C[C@@H](C)c2ccccc2)C3)C1. The predicted molar refractivity (Wildman–Crippen MR) is 110 cm³/mol. The van der Waals surface area contributed by atoms with E-state index in [9.17, 15) is 4.79 Å². The van der Waals surface area contributed by atoms with Gasteiger partial charge in [-0.15, -0.1) is 0 Å². The van der Waals surface area contributed by atoms with Crippen LogP contribution in [0.25, 0.3) is 0 Å². The lowest BCUT2D eigenvalue weighted by Gasteiger charge is -2.33. The maximum atomic E-state index is 11.7. The first-order valence-corrected chi connectivity index (χ1v) is 10.5. The topological polar surface area (TPSA) is 49.3 Å². The van der Waals surface area contributed by atoms with Crippen molar-refractivity contribution in [2.75, 3.05) is 26.2 Å². The summed E-state index contributed by atoms with van der Waals surface area (Å²) >= 11 is 0. The van der Waals surface area contributed by atoms with Crippen LogP contribution in [-0.2, 0) is 17.8 Å². The van der Waals surface area contributed by atoms with E-state index in [4.69, 9.17) is 9.97 Å². The first-order valence-electron chi connectivity index (χ1n) is 10.5. The Bertz CT molecular complexity index is 823. The Balaban J connectivity index is 1.41. The average Bonchev–Trinajstić information content (AvgIpc) is 2.74. The molecule has 3 heterocycles. The molecule has 0 aliphatic carbocycles. The maximum Gasteiger partial charge on any atom is 0.219 e. The number of piperidine rings is 1. The summed E-state index contributed by atoms with van der Waals surface area (Å²) in [6.07, 6.45) is 5.12. The Kier molecular flexibility index (Phi) is 5.72. The van der Waals surface area contributed by atoms with Gasteiger partial charge in [0, 0.05) is 69.4 Å². The Labute approximate surface area is 167 Å². The number of amides is 1. The van der Waals surface area contributed by atoms with Crippen LogP contribution < -0.4 is 0 Å². The molecule has 2 atom stereocenters. The lowest BCUT2D eigenvalue weighted by Crippen LogP contribution is -2.38. The molecule has 0 saturated carbocycles. The molecule has 1 saturated heterocycles. The highest BCUT2D eigenvalue weighted by molar-refractivity contribution is 5.73. The van der Waals surface area contributed by atoms with Gasteiger partial charge in [0.1, 0.15) is 5.82 Å². The van der Waals surface area contributed by atoms with E-state index in [1.165, 1.54) is 16.8 Å². The largest absolute Gasteiger partial charge is 0.342 e. The minimum Gasteiger partial charge on any atom is -0.342 e. The fourth-order valence-electron chi connectivity index (χ4n) is 4.49. The molecule has 148 valence electrons. The van der Waals surface area contributed by atoms with Crippen molar-refractivity contribution in [3.05, 3.63) is 59.2 Å². The highest BCUT2D eigenvalue weighted by Gasteiger charge is 2.27. The van der Waals surface area contributed by atoms with Crippen LogP contribution in [0, 0.1) is 0 Å². The molecule has 1 amide bonds. The molecule has 1 aromatic heterocycles. The quantitative estimate of drug-likeness (QED) is 0.819. The van der Waals surface area contributed by atoms with E-state index in [-0.39, 0.29) is 11.8 Å². The Morgan fingerprint density at radius 3 is 2.86 bits per heavy atom. The predicted octanol–water partition coefficient (Wildman–Crippen LogP) is 3.36. The van der Waals surface area contributed by atoms with Crippen molar-refractivity contribution in [1.29, 1.82) is 0 Å². The van der Waals surface area contributed by atoms with Crippen molar-refractivity contribution in [3.8, 4) is 0 Å². The molecule has 0 spiro atoms. The summed E-state index contributed by atoms with van der Waals surface area (Å²) in [4.78, 5) is 25.8. The van der Waals surface area contributed by atoms with E-state index >= 15 is 0 Å². The van der Waals surface area contributed by atoms with Crippen LogP contribution in [0.15, 0.2) is 36.5 Å². The van der Waals surface area contributed by atoms with Gasteiger partial charge < -0.3 is 4.90 Å². The Morgan fingerprint density at radius 1 is 1.25 bits per heavy atom. The number of likely N-dealkylation sites (tertiary alicyclic amines) is 1. The molecule has 1 fully saturated rings. The fraction of sp³-hybridized carbons (Fsp3) is 0.522. The molecule has 0 N–H and O–H groups in total. The van der Waals surface area contributed by atoms with Crippen LogP contribution in [0.1, 0.15) is 61.2 Å². The lowest BCUT2D eigenvalue weighted by atomic mass is 9.96. The Morgan fingerprint density at radius 2 is 2.07 bits per heavy atom. The molecule has 0 bridgehead atoms. The zero-order valence-electron chi connectivity index (χ0n) is 17.0. The number of aromatic nitrogens is 2. The van der Waals surface area contributed by atoms with Crippen molar-refractivity contribution in [2.24, 2.45) is 0 Å². The summed E-state index contributed by atoms with van der Waals surface area (Å²) in [5.74, 6) is 1.88. The number of hydrogen-bond donors (Lipinski definition) is 0. The van der Waals surface area contributed by atoms with Crippen LogP contribution in [0.5, 0.6) is 0 Å². The van der Waals surface area contributed by atoms with Gasteiger partial charge in [-0.1, -0.05) is 37.3 Å². The summed E-state index contributed by atoms with van der Waals surface area (Å²) in [6, 6.07) is 10.7. The minimum absolute atomic E-state index is 0.158. The van der Waals surface area contributed by atoms with Gasteiger partial charge in [0.25, 0.3) is 0 Å². The summed E-state index contributed by atoms with van der Waals surface area (Å²) in [7, 11) is 0. The van der Waals surface area contributed by atoms with Crippen LogP contribution in [0.4, 0.5) is 0 Å². The van der Waals surface area contributed by atoms with Gasteiger partial charge >= 0.3 is 0 Å². The van der Waals surface area contributed by atoms with Crippen LogP contribution in [0.3, 0.4) is 0 Å². The van der Waals surface area contributed by atoms with Gasteiger partial charge in [0.2, 0.25) is 5.91 Å². The molecule has 0 radical (unpaired) electrons. The second-order valence-electron chi connectivity index (χ2n) is 8.30. The van der Waals surface area contributed by atoms with E-state index in [0.29, 0.717) is 5.92 Å². The highest BCUT2D eigenvalue weighted by Crippen LogP contribution is 2.27. The first-order chi connectivity index (χ1) is 13.6. The van der Waals surface area contributed by atoms with Crippen molar-refractivity contribution >= 4 is 5.91 Å². The average molecular weight is 379 g/mol. The molecule has 28 heavy (non-hydrogen) atoms. The van der Waals surface area contributed by atoms with E-state index in [1.54, 1.807) is 6.92 Å². The molecule has 2 aliphatic heterocycles. The van der Waals surface area contributed by atoms with Crippen molar-refractivity contribution in [1.82, 2.24) is 19.8 Å². The standard InChI is InChI=1S/C23H30N4O/c1-17(19-7-4-3-5-8-19)14-26-12-10-22-21(15-26)13-24-23(25-22)20-9-6-11-27(16-20)18(2)28/h3-5,7-8,13,17,20H,6,9-12,14-16H2,1-2H3/t17-,20+/m1/s1. The molecule has 2 aromatic rings. The van der Waals surface area contributed by atoms with Gasteiger partial charge in [-0.05, 0) is 24.3 Å². The lowest BCUT2D eigenvalue weighted by molar-refractivity contribution is -0.130. The highest BCUT2D eigenvalue weighted by atomic mass is 16.2. The second-order valence-corrected chi connectivity index (χ2v) is 8.30. The van der Waals surface area contributed by atoms with E-state index < -0.39 is 0 Å². The second kappa shape index (κ2) is 8.39. The van der Waals surface area contributed by atoms with E-state index in [1.807, 2.05) is 11.1 Å². The molecule has 5 heteroatoms. The molecule has 2 aliphatic rings. The van der Waals surface area contributed by atoms with E-state index in [0.717, 1.165) is 57.8 Å². The summed E-state index contributed by atoms with van der Waals surface area (Å²) in [6.45, 7) is 8.61. The maximum absolute atomic E-state index is 11.7. The first kappa shape index (κ1) is 19.1. The van der Waals surface area contributed by atoms with Gasteiger partial charge in [-0.3, -0.25) is 9.69 Å². The molecule has 4 rings (SSSR count). The number of nitrogens with zero attached hydrogens (tertiary/aromatic N) is 4. The van der Waals surface area contributed by atoms with Gasteiger partial charge in [-0.25, -0.2) is 9.97 Å². The summed E-state index contributed by atoms with van der Waals surface area (Å²) in [5.41, 5.74) is 3.86. The molecular formula is C23H30N4O. The number of fused-ring (bicyclic) bond motifs is 1. The minimum atomic E-state index is 0.158. The van der Waals surface area contributed by atoms with Gasteiger partial charge in [0.05, 0.1) is 0 Å². The third-order valence-corrected chi connectivity index (χ3v) is 6.16. The summed E-state index contributed by atoms with van der Waals surface area (Å²) in [5, 5.41) is 0. The molecule has 5 nitrogen and oxygen atoms in total. The van der Waals surface area contributed by atoms with Gasteiger partial charge in [0.15, 0.2) is 0 Å². The zero-order valence-corrected chi connectivity index (χ0v) is 17.0. The van der Waals surface area contributed by atoms with E-state index in [2.05, 4.69) is 42.2 Å². The number of benzene rings is 1. The number of carbonyl (C=O) groups is 1. The van der Waals surface area contributed by atoms with Gasteiger partial charge in [-0.2, -0.15) is 0 Å². The van der Waals surface area contributed by atoms with Crippen molar-refractivity contribution in [2.45, 2.75) is 51.5 Å². The normalized spacial score (nSPS) is 21.2. The molecular weight excluding hydrogens is 348 g/mol. The molecule has 0 unspecified atom stereocenters. The smallest absolute Gasteiger partial charge is 0.219 e. The fourth-order valence-corrected chi connectivity index (χ4v) is 4.49. The van der Waals surface area contributed by atoms with Crippen LogP contribution in [0.2, 0.25) is 0 Å². The number of rotatable bonds is 4. The van der Waals surface area contributed by atoms with Crippen molar-refractivity contribution in [3.63, 3.8) is 0 Å². The number of carbonyl (C=O) groups excluding carboxylic acids is 1. The van der Waals surface area contributed by atoms with Crippen LogP contribution >= 0.6 is 0 Å². The molecule has 1 aromatic carbocycles. The third-order valence-electron chi connectivity index (χ3n) is 6.16. The number of hydrogen-bond acceptors (Lipinski definition) is 4. The monoisotopic (exact) mass is 378 g/mol.